The topological polar surface area (TPSA) is 26.3 Å². The number of ketones is 1. The van der Waals surface area contributed by atoms with Crippen molar-refractivity contribution in [1.29, 1.82) is 0 Å². The van der Waals surface area contributed by atoms with Crippen LogP contribution >= 0.6 is 11.3 Å². The molecule has 110 valence electrons. The number of fused-ring (bicyclic) bond motifs is 1. The highest BCUT2D eigenvalue weighted by Gasteiger charge is 2.15. The number of rotatable bonds is 4. The van der Waals surface area contributed by atoms with E-state index in [4.69, 9.17) is 4.74 Å². The molecule has 2 aromatic carbocycles. The first-order valence-corrected chi connectivity index (χ1v) is 7.47. The number of hydrogen-bond donors (Lipinski definition) is 0. The van der Waals surface area contributed by atoms with Gasteiger partial charge in [0.15, 0.2) is 0 Å². The first-order valence-electron chi connectivity index (χ1n) is 6.65. The van der Waals surface area contributed by atoms with E-state index in [1.807, 2.05) is 24.3 Å². The second kappa shape index (κ2) is 5.73. The number of benzene rings is 2. The second-order valence-corrected chi connectivity index (χ2v) is 5.91. The van der Waals surface area contributed by atoms with Crippen LogP contribution in [0.1, 0.15) is 15.2 Å². The summed E-state index contributed by atoms with van der Waals surface area (Å²) in [7, 11) is 1.61. The fourth-order valence-electron chi connectivity index (χ4n) is 2.18. The number of ether oxygens (including phenoxy) is 1. The van der Waals surface area contributed by atoms with E-state index in [9.17, 15) is 9.18 Å². The molecular formula is C18H13FO2S. The molecule has 0 N–H and O–H groups in total. The Balaban J connectivity index is 1.94. The van der Waals surface area contributed by atoms with Crippen LogP contribution in [0.5, 0.6) is 5.75 Å². The molecule has 0 aliphatic rings. The maximum absolute atomic E-state index is 13.0. The smallest absolute Gasteiger partial charge is 0.202 e. The van der Waals surface area contributed by atoms with Crippen LogP contribution in [-0.4, -0.2) is 12.9 Å². The third-order valence-electron chi connectivity index (χ3n) is 3.42. The van der Waals surface area contributed by atoms with E-state index in [1.54, 1.807) is 19.2 Å². The highest BCUT2D eigenvalue weighted by atomic mass is 32.1. The third-order valence-corrected chi connectivity index (χ3v) is 4.51. The zero-order chi connectivity index (χ0) is 15.7. The van der Waals surface area contributed by atoms with Gasteiger partial charge in [0.2, 0.25) is 5.78 Å². The van der Waals surface area contributed by atoms with Gasteiger partial charge in [0, 0.05) is 10.3 Å². The van der Waals surface area contributed by atoms with Crippen molar-refractivity contribution in [3.05, 3.63) is 71.4 Å². The molecule has 2 nitrogen and oxygen atoms in total. The van der Waals surface area contributed by atoms with Crippen molar-refractivity contribution >= 4 is 32.8 Å². The van der Waals surface area contributed by atoms with E-state index in [-0.39, 0.29) is 11.6 Å². The molecule has 22 heavy (non-hydrogen) atoms. The molecular weight excluding hydrogens is 299 g/mol. The lowest BCUT2D eigenvalue weighted by molar-refractivity contribution is 0.106. The Hall–Kier alpha value is -2.46. The molecule has 0 radical (unpaired) electrons. The minimum atomic E-state index is -0.335. The molecule has 1 heterocycles. The Morgan fingerprint density at radius 1 is 1.14 bits per heavy atom. The Bertz CT molecular complexity index is 862. The quantitative estimate of drug-likeness (QED) is 0.503. The van der Waals surface area contributed by atoms with Gasteiger partial charge in [-0.1, -0.05) is 18.7 Å². The Labute approximate surface area is 131 Å². The minimum Gasteiger partial charge on any atom is -0.497 e. The maximum atomic E-state index is 13.0. The van der Waals surface area contributed by atoms with Crippen LogP contribution in [0.25, 0.3) is 15.7 Å². The van der Waals surface area contributed by atoms with E-state index in [2.05, 4.69) is 6.58 Å². The summed E-state index contributed by atoms with van der Waals surface area (Å²) in [5.41, 5.74) is 0.986. The molecule has 3 aromatic rings. The number of Topliss-reactive ketones (excluding diaryl/α,β-unsaturated/α-hetero) is 1. The molecule has 1 aromatic heterocycles. The lowest BCUT2D eigenvalue weighted by Crippen LogP contribution is -1.99. The van der Waals surface area contributed by atoms with Crippen molar-refractivity contribution in [1.82, 2.24) is 0 Å². The standard InChI is InChI=1S/C18H13FO2S/c1-11(12-3-6-14(19)7-4-12)18(20)17-9-13-5-8-15(21-2)10-16(13)22-17/h3-10H,1H2,2H3. The van der Waals surface area contributed by atoms with E-state index < -0.39 is 0 Å². The summed E-state index contributed by atoms with van der Waals surface area (Å²) >= 11 is 1.40. The summed E-state index contributed by atoms with van der Waals surface area (Å²) in [6.07, 6.45) is 0. The summed E-state index contributed by atoms with van der Waals surface area (Å²) < 4.78 is 19.1. The Morgan fingerprint density at radius 3 is 2.55 bits per heavy atom. The zero-order valence-corrected chi connectivity index (χ0v) is 12.7. The van der Waals surface area contributed by atoms with Gasteiger partial charge < -0.3 is 4.74 Å². The van der Waals surface area contributed by atoms with Gasteiger partial charge in [-0.25, -0.2) is 4.39 Å². The van der Waals surface area contributed by atoms with Crippen LogP contribution in [0.2, 0.25) is 0 Å². The van der Waals surface area contributed by atoms with Crippen molar-refractivity contribution in [2.24, 2.45) is 0 Å². The molecule has 0 amide bonds. The van der Waals surface area contributed by atoms with Crippen molar-refractivity contribution in [2.45, 2.75) is 0 Å². The van der Waals surface area contributed by atoms with Crippen LogP contribution in [0.15, 0.2) is 55.1 Å². The molecule has 0 aliphatic heterocycles. The molecule has 3 rings (SSSR count). The fourth-order valence-corrected chi connectivity index (χ4v) is 3.24. The highest BCUT2D eigenvalue weighted by Crippen LogP contribution is 2.31. The SMILES string of the molecule is C=C(C(=O)c1cc2ccc(OC)cc2s1)c1ccc(F)cc1. The van der Waals surface area contributed by atoms with Crippen molar-refractivity contribution < 1.29 is 13.9 Å². The van der Waals surface area contributed by atoms with Gasteiger partial charge in [-0.05, 0) is 47.3 Å². The molecule has 0 fully saturated rings. The minimum absolute atomic E-state index is 0.147. The molecule has 0 unspecified atom stereocenters. The van der Waals surface area contributed by atoms with Gasteiger partial charge in [-0.2, -0.15) is 0 Å². The number of hydrogen-bond acceptors (Lipinski definition) is 3. The summed E-state index contributed by atoms with van der Waals surface area (Å²) in [5, 5.41) is 0.987. The van der Waals surface area contributed by atoms with Crippen LogP contribution in [-0.2, 0) is 0 Å². The van der Waals surface area contributed by atoms with Gasteiger partial charge in [0.25, 0.3) is 0 Å². The predicted molar refractivity (Wildman–Crippen MR) is 88.1 cm³/mol. The third kappa shape index (κ3) is 2.65. The lowest BCUT2D eigenvalue weighted by atomic mass is 10.0. The molecule has 0 spiro atoms. The van der Waals surface area contributed by atoms with Crippen LogP contribution in [0.4, 0.5) is 4.39 Å². The molecule has 0 bridgehead atoms. The van der Waals surface area contributed by atoms with E-state index in [1.165, 1.54) is 23.5 Å². The van der Waals surface area contributed by atoms with Gasteiger partial charge in [-0.3, -0.25) is 4.79 Å². The number of halogens is 1. The van der Waals surface area contributed by atoms with E-state index in [0.29, 0.717) is 16.0 Å². The number of carbonyl (C=O) groups excluding carboxylic acids is 1. The van der Waals surface area contributed by atoms with Crippen LogP contribution in [0.3, 0.4) is 0 Å². The Kier molecular flexibility index (Phi) is 3.77. The maximum Gasteiger partial charge on any atom is 0.202 e. The largest absolute Gasteiger partial charge is 0.497 e. The average Bonchev–Trinajstić information content (AvgIpc) is 2.97. The molecule has 0 aliphatic carbocycles. The van der Waals surface area contributed by atoms with Gasteiger partial charge in [0.05, 0.1) is 12.0 Å². The monoisotopic (exact) mass is 312 g/mol. The van der Waals surface area contributed by atoms with Crippen molar-refractivity contribution in [3.63, 3.8) is 0 Å². The number of thiophene rings is 1. The summed E-state index contributed by atoms with van der Waals surface area (Å²) in [4.78, 5) is 13.1. The highest BCUT2D eigenvalue weighted by molar-refractivity contribution is 7.21. The first kappa shape index (κ1) is 14.5. The van der Waals surface area contributed by atoms with Crippen LogP contribution in [0, 0.1) is 5.82 Å². The Morgan fingerprint density at radius 2 is 1.86 bits per heavy atom. The normalized spacial score (nSPS) is 10.6. The van der Waals surface area contributed by atoms with Gasteiger partial charge >= 0.3 is 0 Å². The summed E-state index contributed by atoms with van der Waals surface area (Å²) in [6, 6.07) is 13.3. The van der Waals surface area contributed by atoms with Gasteiger partial charge in [0.1, 0.15) is 11.6 Å². The van der Waals surface area contributed by atoms with E-state index >= 15 is 0 Å². The van der Waals surface area contributed by atoms with E-state index in [0.717, 1.165) is 15.8 Å². The molecule has 4 heteroatoms. The molecule has 0 saturated carbocycles. The number of carbonyl (C=O) groups is 1. The zero-order valence-electron chi connectivity index (χ0n) is 11.9. The number of allylic oxidation sites excluding steroid dienone is 1. The van der Waals surface area contributed by atoms with Crippen LogP contribution < -0.4 is 4.74 Å². The van der Waals surface area contributed by atoms with Crippen molar-refractivity contribution in [2.75, 3.05) is 7.11 Å². The predicted octanol–water partition coefficient (Wildman–Crippen LogP) is 4.95. The summed E-state index contributed by atoms with van der Waals surface area (Å²) in [6.45, 7) is 3.84. The number of methoxy groups -OCH3 is 1. The lowest BCUT2D eigenvalue weighted by Gasteiger charge is -2.03. The molecule has 0 atom stereocenters. The van der Waals surface area contributed by atoms with Gasteiger partial charge in [-0.15, -0.1) is 11.3 Å². The fraction of sp³-hybridized carbons (Fsp3) is 0.0556. The average molecular weight is 312 g/mol. The second-order valence-electron chi connectivity index (χ2n) is 4.83. The summed E-state index contributed by atoms with van der Waals surface area (Å²) in [5.74, 6) is 0.274. The first-order chi connectivity index (χ1) is 10.6. The molecule has 0 saturated heterocycles. The van der Waals surface area contributed by atoms with Crippen molar-refractivity contribution in [3.8, 4) is 5.75 Å².